The molecule has 3 aromatic rings. The smallest absolute Gasteiger partial charge is 0.252 e. The number of anilines is 1. The van der Waals surface area contributed by atoms with Crippen LogP contribution in [0.1, 0.15) is 18.0 Å². The van der Waals surface area contributed by atoms with Gasteiger partial charge in [0.1, 0.15) is 23.2 Å². The van der Waals surface area contributed by atoms with Crippen LogP contribution >= 0.6 is 11.3 Å². The van der Waals surface area contributed by atoms with Crippen LogP contribution in [0.5, 0.6) is 0 Å². The third-order valence-corrected chi connectivity index (χ3v) is 4.40. The van der Waals surface area contributed by atoms with Crippen molar-refractivity contribution in [2.75, 3.05) is 12.3 Å². The number of hydrogen-bond donors (Lipinski definition) is 3. The van der Waals surface area contributed by atoms with Crippen LogP contribution in [-0.4, -0.2) is 22.4 Å². The molecular formula is C17H18N4O3S. The molecule has 0 fully saturated rings. The molecule has 4 N–H and O–H groups in total. The molecule has 0 saturated heterocycles. The molecule has 3 heterocycles. The summed E-state index contributed by atoms with van der Waals surface area (Å²) in [6.07, 6.45) is 1.28. The Bertz CT molecular complexity index is 899. The van der Waals surface area contributed by atoms with Crippen LogP contribution in [0.3, 0.4) is 0 Å². The maximum Gasteiger partial charge on any atom is 0.252 e. The summed E-state index contributed by atoms with van der Waals surface area (Å²) in [6.45, 7) is 0.379. The Morgan fingerprint density at radius 2 is 2.20 bits per heavy atom. The number of aromatic amines is 1. The van der Waals surface area contributed by atoms with Crippen LogP contribution in [0.25, 0.3) is 10.6 Å². The summed E-state index contributed by atoms with van der Waals surface area (Å²) in [7, 11) is 0. The molecule has 7 nitrogen and oxygen atoms in total. The first-order valence-corrected chi connectivity index (χ1v) is 8.73. The van der Waals surface area contributed by atoms with E-state index in [0.717, 1.165) is 16.4 Å². The number of nitrogens with one attached hydrogen (secondary N) is 2. The quantitative estimate of drug-likeness (QED) is 0.597. The third-order valence-electron chi connectivity index (χ3n) is 3.52. The third kappa shape index (κ3) is 4.80. The van der Waals surface area contributed by atoms with Gasteiger partial charge in [0.25, 0.3) is 5.56 Å². The maximum atomic E-state index is 11.9. The number of rotatable bonds is 7. The largest absolute Gasteiger partial charge is 0.460 e. The van der Waals surface area contributed by atoms with E-state index in [-0.39, 0.29) is 17.3 Å². The summed E-state index contributed by atoms with van der Waals surface area (Å²) in [4.78, 5) is 30.9. The average molecular weight is 358 g/mol. The Labute approximate surface area is 147 Å². The van der Waals surface area contributed by atoms with Crippen molar-refractivity contribution in [3.63, 3.8) is 0 Å². The lowest BCUT2D eigenvalue weighted by atomic mass is 10.2. The topological polar surface area (TPSA) is 114 Å². The molecule has 0 aliphatic carbocycles. The molecule has 3 rings (SSSR count). The van der Waals surface area contributed by atoms with E-state index in [1.54, 1.807) is 11.3 Å². The van der Waals surface area contributed by atoms with Gasteiger partial charge >= 0.3 is 0 Å². The van der Waals surface area contributed by atoms with Crippen LogP contribution in [0, 0.1) is 0 Å². The zero-order valence-corrected chi connectivity index (χ0v) is 14.3. The van der Waals surface area contributed by atoms with Gasteiger partial charge in [-0.05, 0) is 23.6 Å². The van der Waals surface area contributed by atoms with Crippen molar-refractivity contribution in [3.8, 4) is 10.6 Å². The number of aryl methyl sites for hydroxylation is 1. The fourth-order valence-electron chi connectivity index (χ4n) is 2.36. The fourth-order valence-corrected chi connectivity index (χ4v) is 3.04. The minimum atomic E-state index is -0.298. The summed E-state index contributed by atoms with van der Waals surface area (Å²) < 4.78 is 5.75. The monoisotopic (exact) mass is 358 g/mol. The number of furan rings is 1. The SMILES string of the molecule is Nc1cc(=O)[nH]c(CCNC(=O)CCc2ccc(-c3cccs3)o2)n1. The number of aromatic nitrogens is 2. The Morgan fingerprint density at radius 1 is 1.32 bits per heavy atom. The molecule has 3 aromatic heterocycles. The van der Waals surface area contributed by atoms with Gasteiger partial charge in [-0.15, -0.1) is 11.3 Å². The Hall–Kier alpha value is -2.87. The highest BCUT2D eigenvalue weighted by Gasteiger charge is 2.08. The number of thiophene rings is 1. The fraction of sp³-hybridized carbons (Fsp3) is 0.235. The van der Waals surface area contributed by atoms with E-state index in [1.807, 2.05) is 29.6 Å². The number of nitrogen functional groups attached to an aromatic ring is 1. The van der Waals surface area contributed by atoms with Crippen molar-refractivity contribution in [2.24, 2.45) is 0 Å². The number of hydrogen-bond acceptors (Lipinski definition) is 6. The highest BCUT2D eigenvalue weighted by molar-refractivity contribution is 7.13. The second kappa shape index (κ2) is 7.80. The summed E-state index contributed by atoms with van der Waals surface area (Å²) in [6, 6.07) is 8.99. The van der Waals surface area contributed by atoms with Crippen LogP contribution in [-0.2, 0) is 17.6 Å². The van der Waals surface area contributed by atoms with Crippen molar-refractivity contribution in [2.45, 2.75) is 19.3 Å². The molecule has 0 radical (unpaired) electrons. The normalized spacial score (nSPS) is 10.7. The lowest BCUT2D eigenvalue weighted by Crippen LogP contribution is -2.27. The van der Waals surface area contributed by atoms with Gasteiger partial charge in [-0.1, -0.05) is 6.07 Å². The van der Waals surface area contributed by atoms with Crippen molar-refractivity contribution in [1.82, 2.24) is 15.3 Å². The number of amides is 1. The van der Waals surface area contributed by atoms with E-state index in [1.165, 1.54) is 6.07 Å². The first kappa shape index (κ1) is 17.0. The van der Waals surface area contributed by atoms with Crippen LogP contribution < -0.4 is 16.6 Å². The first-order chi connectivity index (χ1) is 12.1. The minimum Gasteiger partial charge on any atom is -0.460 e. The predicted octanol–water partition coefficient (Wildman–Crippen LogP) is 1.97. The number of nitrogens with two attached hydrogens (primary N) is 1. The van der Waals surface area contributed by atoms with E-state index in [9.17, 15) is 9.59 Å². The first-order valence-electron chi connectivity index (χ1n) is 7.85. The van der Waals surface area contributed by atoms with E-state index >= 15 is 0 Å². The van der Waals surface area contributed by atoms with Crippen LogP contribution in [0.2, 0.25) is 0 Å². The molecule has 0 unspecified atom stereocenters. The summed E-state index contributed by atoms with van der Waals surface area (Å²) >= 11 is 1.61. The summed E-state index contributed by atoms with van der Waals surface area (Å²) in [5, 5.41) is 4.79. The lowest BCUT2D eigenvalue weighted by molar-refractivity contribution is -0.121. The lowest BCUT2D eigenvalue weighted by Gasteiger charge is -2.04. The molecule has 0 bridgehead atoms. The number of carbonyl (C=O) groups excluding carboxylic acids is 1. The van der Waals surface area contributed by atoms with Crippen LogP contribution in [0.4, 0.5) is 5.82 Å². The number of carbonyl (C=O) groups is 1. The molecule has 130 valence electrons. The van der Waals surface area contributed by atoms with Gasteiger partial charge in [-0.3, -0.25) is 9.59 Å². The Kier molecular flexibility index (Phi) is 5.30. The molecule has 0 saturated carbocycles. The zero-order valence-electron chi connectivity index (χ0n) is 13.5. The van der Waals surface area contributed by atoms with Crippen molar-refractivity contribution in [1.29, 1.82) is 0 Å². The molecule has 0 aromatic carbocycles. The molecule has 0 atom stereocenters. The van der Waals surface area contributed by atoms with Gasteiger partial charge in [0, 0.05) is 31.9 Å². The van der Waals surface area contributed by atoms with Crippen molar-refractivity contribution in [3.05, 3.63) is 57.7 Å². The second-order valence-electron chi connectivity index (χ2n) is 5.46. The van der Waals surface area contributed by atoms with Gasteiger partial charge in [0.05, 0.1) is 4.88 Å². The molecule has 0 spiro atoms. The molecule has 1 amide bonds. The van der Waals surface area contributed by atoms with Crippen molar-refractivity contribution >= 4 is 23.1 Å². The van der Waals surface area contributed by atoms with E-state index in [4.69, 9.17) is 10.2 Å². The van der Waals surface area contributed by atoms with Gasteiger partial charge in [-0.25, -0.2) is 4.98 Å². The van der Waals surface area contributed by atoms with Gasteiger partial charge in [0.2, 0.25) is 5.91 Å². The van der Waals surface area contributed by atoms with Gasteiger partial charge in [-0.2, -0.15) is 0 Å². The number of nitrogens with zero attached hydrogens (tertiary/aromatic N) is 1. The van der Waals surface area contributed by atoms with Crippen LogP contribution in [0.15, 0.2) is 44.9 Å². The molecule has 0 aliphatic rings. The summed E-state index contributed by atoms with van der Waals surface area (Å²) in [5.41, 5.74) is 5.21. The highest BCUT2D eigenvalue weighted by Crippen LogP contribution is 2.26. The van der Waals surface area contributed by atoms with Gasteiger partial charge in [0.15, 0.2) is 0 Å². The Balaban J connectivity index is 1.43. The predicted molar refractivity (Wildman–Crippen MR) is 96.3 cm³/mol. The zero-order chi connectivity index (χ0) is 17.6. The molecular weight excluding hydrogens is 340 g/mol. The van der Waals surface area contributed by atoms with Crippen molar-refractivity contribution < 1.29 is 9.21 Å². The van der Waals surface area contributed by atoms with E-state index in [0.29, 0.717) is 31.6 Å². The highest BCUT2D eigenvalue weighted by atomic mass is 32.1. The molecule has 0 aliphatic heterocycles. The number of H-pyrrole nitrogens is 1. The average Bonchev–Trinajstić information content (AvgIpc) is 3.23. The van der Waals surface area contributed by atoms with Gasteiger partial charge < -0.3 is 20.5 Å². The minimum absolute atomic E-state index is 0.0830. The second-order valence-corrected chi connectivity index (χ2v) is 6.41. The van der Waals surface area contributed by atoms with E-state index < -0.39 is 0 Å². The Morgan fingerprint density at radius 3 is 2.96 bits per heavy atom. The maximum absolute atomic E-state index is 11.9. The van der Waals surface area contributed by atoms with E-state index in [2.05, 4.69) is 15.3 Å². The summed E-state index contributed by atoms with van der Waals surface area (Å²) in [5.74, 6) is 2.14. The standard InChI is InChI=1S/C17H18N4O3S/c18-14-10-17(23)21-15(20-14)7-8-19-16(22)6-4-11-3-5-12(24-11)13-2-1-9-25-13/h1-3,5,9-10H,4,6-8H2,(H,19,22)(H3,18,20,21,23). The molecule has 25 heavy (non-hydrogen) atoms. The molecule has 8 heteroatoms.